The number of carbonyl (C=O) groups excluding carboxylic acids is 2. The Balaban J connectivity index is 1.51. The fourth-order valence-electron chi connectivity index (χ4n) is 3.20. The fourth-order valence-corrected chi connectivity index (χ4v) is 3.33. The van der Waals surface area contributed by atoms with Crippen LogP contribution in [0.25, 0.3) is 0 Å². The molecule has 2 aromatic carbocycles. The molecular weight excluding hydrogens is 435 g/mol. The topological polar surface area (TPSA) is 61.9 Å². The molecule has 0 radical (unpaired) electrons. The minimum absolute atomic E-state index is 0.0588. The van der Waals surface area contributed by atoms with Crippen LogP contribution >= 0.6 is 11.6 Å². The zero-order valence-corrected chi connectivity index (χ0v) is 17.2. The van der Waals surface area contributed by atoms with E-state index < -0.39 is 6.36 Å². The molecule has 10 heteroatoms. The molecule has 2 aromatic rings. The first-order valence-electron chi connectivity index (χ1n) is 9.63. The molecule has 0 aromatic heterocycles. The second kappa shape index (κ2) is 9.91. The number of hydrogen-bond donors (Lipinski definition) is 1. The second-order valence-corrected chi connectivity index (χ2v) is 7.46. The minimum Gasteiger partial charge on any atom is -0.406 e. The molecule has 3 amide bonds. The Morgan fingerprint density at radius 3 is 2.19 bits per heavy atom. The molecule has 3 rings (SSSR count). The lowest BCUT2D eigenvalue weighted by Gasteiger charge is -2.22. The van der Waals surface area contributed by atoms with Gasteiger partial charge in [-0.3, -0.25) is 4.79 Å². The number of alkyl halides is 3. The summed E-state index contributed by atoms with van der Waals surface area (Å²) >= 11 is 5.84. The molecule has 1 heterocycles. The maximum atomic E-state index is 12.6. The molecule has 0 saturated carbocycles. The predicted molar refractivity (Wildman–Crippen MR) is 110 cm³/mol. The van der Waals surface area contributed by atoms with Crippen LogP contribution in [0.1, 0.15) is 12.0 Å². The van der Waals surface area contributed by atoms with Crippen LogP contribution in [0.2, 0.25) is 5.02 Å². The van der Waals surface area contributed by atoms with Gasteiger partial charge < -0.3 is 19.9 Å². The van der Waals surface area contributed by atoms with Gasteiger partial charge in [-0.1, -0.05) is 23.7 Å². The summed E-state index contributed by atoms with van der Waals surface area (Å²) in [4.78, 5) is 28.4. The van der Waals surface area contributed by atoms with Crippen molar-refractivity contribution in [3.63, 3.8) is 0 Å². The second-order valence-electron chi connectivity index (χ2n) is 7.03. The van der Waals surface area contributed by atoms with Gasteiger partial charge in [0.1, 0.15) is 5.75 Å². The highest BCUT2D eigenvalue weighted by atomic mass is 35.5. The zero-order chi connectivity index (χ0) is 22.4. The summed E-state index contributed by atoms with van der Waals surface area (Å²) in [5.41, 5.74) is 1.21. The van der Waals surface area contributed by atoms with E-state index in [2.05, 4.69) is 10.1 Å². The van der Waals surface area contributed by atoms with Gasteiger partial charge in [-0.25, -0.2) is 4.79 Å². The van der Waals surface area contributed by atoms with Crippen LogP contribution in [0, 0.1) is 0 Å². The monoisotopic (exact) mass is 455 g/mol. The normalized spacial score (nSPS) is 14.7. The van der Waals surface area contributed by atoms with Crippen LogP contribution in [0.4, 0.5) is 23.7 Å². The molecule has 31 heavy (non-hydrogen) atoms. The third kappa shape index (κ3) is 7.06. The number of anilines is 1. The number of halogens is 4. The highest BCUT2D eigenvalue weighted by molar-refractivity contribution is 6.30. The smallest absolute Gasteiger partial charge is 0.406 e. The number of amides is 3. The first kappa shape index (κ1) is 22.7. The van der Waals surface area contributed by atoms with E-state index in [1.807, 2.05) is 0 Å². The van der Waals surface area contributed by atoms with E-state index in [0.717, 1.165) is 0 Å². The van der Waals surface area contributed by atoms with Crippen molar-refractivity contribution in [2.24, 2.45) is 0 Å². The molecule has 1 fully saturated rings. The number of nitrogens with zero attached hydrogens (tertiary/aromatic N) is 2. The highest BCUT2D eigenvalue weighted by Gasteiger charge is 2.31. The molecular formula is C21H21ClF3N3O3. The van der Waals surface area contributed by atoms with E-state index in [1.54, 1.807) is 34.1 Å². The third-order valence-electron chi connectivity index (χ3n) is 4.74. The molecule has 6 nitrogen and oxygen atoms in total. The van der Waals surface area contributed by atoms with Crippen molar-refractivity contribution in [2.45, 2.75) is 19.2 Å². The van der Waals surface area contributed by atoms with Crippen molar-refractivity contribution < 1.29 is 27.5 Å². The summed E-state index contributed by atoms with van der Waals surface area (Å²) in [5, 5.41) is 3.38. The van der Waals surface area contributed by atoms with Crippen molar-refractivity contribution in [3.8, 4) is 5.75 Å². The van der Waals surface area contributed by atoms with Crippen LogP contribution < -0.4 is 10.1 Å². The van der Waals surface area contributed by atoms with Crippen LogP contribution in [-0.4, -0.2) is 54.3 Å². The predicted octanol–water partition coefficient (Wildman–Crippen LogP) is 4.55. The van der Waals surface area contributed by atoms with Gasteiger partial charge in [-0.15, -0.1) is 13.2 Å². The fraction of sp³-hybridized carbons (Fsp3) is 0.333. The van der Waals surface area contributed by atoms with Crippen molar-refractivity contribution in [3.05, 3.63) is 59.1 Å². The van der Waals surface area contributed by atoms with Crippen LogP contribution in [0.5, 0.6) is 5.75 Å². The molecule has 1 N–H and O–H groups in total. The Hall–Kier alpha value is -2.94. The lowest BCUT2D eigenvalue weighted by molar-refractivity contribution is -0.274. The average molecular weight is 456 g/mol. The van der Waals surface area contributed by atoms with E-state index in [0.29, 0.717) is 48.9 Å². The van der Waals surface area contributed by atoms with Gasteiger partial charge in [0.25, 0.3) is 0 Å². The van der Waals surface area contributed by atoms with Crippen LogP contribution in [0.15, 0.2) is 48.5 Å². The molecule has 1 saturated heterocycles. The highest BCUT2D eigenvalue weighted by Crippen LogP contribution is 2.23. The van der Waals surface area contributed by atoms with Gasteiger partial charge in [0.2, 0.25) is 5.91 Å². The van der Waals surface area contributed by atoms with E-state index in [-0.39, 0.29) is 24.1 Å². The summed E-state index contributed by atoms with van der Waals surface area (Å²) in [6.45, 7) is 1.76. The Labute approximate surface area is 182 Å². The summed E-state index contributed by atoms with van der Waals surface area (Å²) in [5.74, 6) is -0.481. The van der Waals surface area contributed by atoms with Gasteiger partial charge in [0.05, 0.1) is 6.42 Å². The van der Waals surface area contributed by atoms with Crippen molar-refractivity contribution in [1.29, 1.82) is 0 Å². The molecule has 0 spiro atoms. The van der Waals surface area contributed by atoms with Crippen molar-refractivity contribution in [2.75, 3.05) is 31.5 Å². The molecule has 1 aliphatic rings. The van der Waals surface area contributed by atoms with E-state index >= 15 is 0 Å². The Bertz CT molecular complexity index is 905. The first-order chi connectivity index (χ1) is 14.7. The van der Waals surface area contributed by atoms with Crippen molar-refractivity contribution >= 4 is 29.2 Å². The van der Waals surface area contributed by atoms with Gasteiger partial charge in [-0.05, 0) is 48.4 Å². The van der Waals surface area contributed by atoms with Gasteiger partial charge in [0.15, 0.2) is 0 Å². The lowest BCUT2D eigenvalue weighted by Crippen LogP contribution is -2.39. The Morgan fingerprint density at radius 2 is 1.55 bits per heavy atom. The molecule has 166 valence electrons. The van der Waals surface area contributed by atoms with Crippen LogP contribution in [-0.2, 0) is 11.2 Å². The third-order valence-corrected chi connectivity index (χ3v) is 5.00. The minimum atomic E-state index is -4.75. The standard InChI is InChI=1S/C21H21ClF3N3O3/c22-16-4-6-17(7-5-16)26-20(30)28-11-1-10-27(12-13-28)19(29)14-15-2-8-18(9-3-15)31-21(23,24)25/h2-9H,1,10-14H2,(H,26,30). The number of urea groups is 1. The first-order valence-corrected chi connectivity index (χ1v) is 10.0. The van der Waals surface area contributed by atoms with E-state index in [1.165, 1.54) is 24.3 Å². The Morgan fingerprint density at radius 1 is 0.935 bits per heavy atom. The maximum absolute atomic E-state index is 12.6. The van der Waals surface area contributed by atoms with Crippen LogP contribution in [0.3, 0.4) is 0 Å². The molecule has 0 bridgehead atoms. The van der Waals surface area contributed by atoms with Crippen molar-refractivity contribution in [1.82, 2.24) is 9.80 Å². The van der Waals surface area contributed by atoms with Gasteiger partial charge in [0, 0.05) is 36.9 Å². The average Bonchev–Trinajstić information content (AvgIpc) is 2.96. The Kier molecular flexibility index (Phi) is 7.27. The summed E-state index contributed by atoms with van der Waals surface area (Å²) in [7, 11) is 0. The lowest BCUT2D eigenvalue weighted by atomic mass is 10.1. The number of carbonyl (C=O) groups is 2. The molecule has 0 atom stereocenters. The molecule has 0 aliphatic carbocycles. The summed E-state index contributed by atoms with van der Waals surface area (Å²) < 4.78 is 40.5. The quantitative estimate of drug-likeness (QED) is 0.736. The molecule has 0 unspecified atom stereocenters. The SMILES string of the molecule is O=C(Cc1ccc(OC(F)(F)F)cc1)N1CCCN(C(=O)Nc2ccc(Cl)cc2)CC1. The largest absolute Gasteiger partial charge is 0.573 e. The summed E-state index contributed by atoms with van der Waals surface area (Å²) in [6, 6.07) is 11.8. The van der Waals surface area contributed by atoms with Gasteiger partial charge >= 0.3 is 12.4 Å². The number of nitrogens with one attached hydrogen (secondary N) is 1. The number of benzene rings is 2. The zero-order valence-electron chi connectivity index (χ0n) is 16.5. The number of rotatable bonds is 4. The number of hydrogen-bond acceptors (Lipinski definition) is 3. The van der Waals surface area contributed by atoms with Gasteiger partial charge in [-0.2, -0.15) is 0 Å². The number of ether oxygens (including phenoxy) is 1. The summed E-state index contributed by atoms with van der Waals surface area (Å²) in [6.07, 6.45) is -4.07. The van der Waals surface area contributed by atoms with E-state index in [4.69, 9.17) is 11.6 Å². The molecule has 1 aliphatic heterocycles. The van der Waals surface area contributed by atoms with E-state index in [9.17, 15) is 22.8 Å². The maximum Gasteiger partial charge on any atom is 0.573 e.